The van der Waals surface area contributed by atoms with Crippen LogP contribution in [-0.4, -0.2) is 10.5 Å². The smallest absolute Gasteiger partial charge is 0.0949 e. The molecule has 2 N–H and O–H groups in total. The molecular weight excluding hydrogens is 216 g/mol. The van der Waals surface area contributed by atoms with E-state index >= 15 is 0 Å². The number of hydrogen-bond donors (Lipinski definition) is 1. The van der Waals surface area contributed by atoms with Crippen LogP contribution in [0.5, 0.6) is 0 Å². The van der Waals surface area contributed by atoms with E-state index in [9.17, 15) is 0 Å². The number of aryl methyl sites for hydroxylation is 2. The summed E-state index contributed by atoms with van der Waals surface area (Å²) in [6.07, 6.45) is 6.03. The zero-order chi connectivity index (χ0) is 11.8. The summed E-state index contributed by atoms with van der Waals surface area (Å²) in [4.78, 5) is 5.96. The number of aromatic nitrogens is 1. The molecule has 1 aliphatic rings. The first kappa shape index (κ1) is 12.1. The Balaban J connectivity index is 2.13. The van der Waals surface area contributed by atoms with Crippen LogP contribution in [0.15, 0.2) is 0 Å². The van der Waals surface area contributed by atoms with Crippen LogP contribution >= 0.6 is 11.3 Å². The van der Waals surface area contributed by atoms with Crippen molar-refractivity contribution in [2.24, 2.45) is 11.7 Å². The van der Waals surface area contributed by atoms with Gasteiger partial charge >= 0.3 is 0 Å². The molecule has 0 saturated heterocycles. The van der Waals surface area contributed by atoms with E-state index in [1.807, 2.05) is 11.3 Å². The largest absolute Gasteiger partial charge is 0.324 e. The molecule has 1 aromatic rings. The van der Waals surface area contributed by atoms with Crippen LogP contribution in [0, 0.1) is 19.8 Å². The molecule has 1 saturated carbocycles. The number of nitrogens with zero attached hydrogens (tertiary/aromatic N) is 1. The first-order chi connectivity index (χ1) is 7.51. The predicted octanol–water partition coefficient (Wildman–Crippen LogP) is 3.21. The lowest BCUT2D eigenvalue weighted by molar-refractivity contribution is 0.203. The number of hydrogen-bond acceptors (Lipinski definition) is 3. The van der Waals surface area contributed by atoms with Crippen molar-refractivity contribution < 1.29 is 0 Å². The van der Waals surface area contributed by atoms with Gasteiger partial charge in [-0.1, -0.05) is 19.8 Å². The van der Waals surface area contributed by atoms with Gasteiger partial charge in [0, 0.05) is 16.8 Å². The molecule has 2 nitrogen and oxygen atoms in total. The van der Waals surface area contributed by atoms with E-state index in [-0.39, 0.29) is 5.54 Å². The van der Waals surface area contributed by atoms with Crippen molar-refractivity contribution in [3.05, 3.63) is 15.6 Å². The molecule has 90 valence electrons. The SMILES string of the molecule is Cc1nc(CC2(N)CCCCC2C)sc1C. The fraction of sp³-hybridized carbons (Fsp3) is 0.769. The summed E-state index contributed by atoms with van der Waals surface area (Å²) in [7, 11) is 0. The molecule has 0 aliphatic heterocycles. The van der Waals surface area contributed by atoms with Gasteiger partial charge in [-0.25, -0.2) is 4.98 Å². The number of nitrogens with two attached hydrogens (primary N) is 1. The highest BCUT2D eigenvalue weighted by Crippen LogP contribution is 2.35. The minimum Gasteiger partial charge on any atom is -0.324 e. The number of thiazole rings is 1. The summed E-state index contributed by atoms with van der Waals surface area (Å²) < 4.78 is 0. The average Bonchev–Trinajstić information content (AvgIpc) is 2.51. The van der Waals surface area contributed by atoms with Crippen molar-refractivity contribution in [2.45, 2.75) is 58.4 Å². The second kappa shape index (κ2) is 4.46. The molecule has 16 heavy (non-hydrogen) atoms. The van der Waals surface area contributed by atoms with Gasteiger partial charge < -0.3 is 5.73 Å². The van der Waals surface area contributed by atoms with Crippen LogP contribution in [0.25, 0.3) is 0 Å². The third-order valence-electron chi connectivity index (χ3n) is 4.06. The van der Waals surface area contributed by atoms with E-state index < -0.39 is 0 Å². The molecule has 0 radical (unpaired) electrons. The first-order valence-corrected chi connectivity index (χ1v) is 7.05. The van der Waals surface area contributed by atoms with Gasteiger partial charge in [0.25, 0.3) is 0 Å². The van der Waals surface area contributed by atoms with Crippen molar-refractivity contribution in [2.75, 3.05) is 0 Å². The Morgan fingerprint density at radius 3 is 2.75 bits per heavy atom. The molecule has 2 rings (SSSR count). The molecule has 3 heteroatoms. The predicted molar refractivity (Wildman–Crippen MR) is 69.8 cm³/mol. The van der Waals surface area contributed by atoms with E-state index in [2.05, 4.69) is 25.8 Å². The molecule has 0 bridgehead atoms. The van der Waals surface area contributed by atoms with Crippen LogP contribution in [0.4, 0.5) is 0 Å². The highest BCUT2D eigenvalue weighted by atomic mass is 32.1. The van der Waals surface area contributed by atoms with Gasteiger partial charge in [0.05, 0.1) is 10.7 Å². The summed E-state index contributed by atoms with van der Waals surface area (Å²) in [5.41, 5.74) is 7.73. The van der Waals surface area contributed by atoms with Gasteiger partial charge in [-0.3, -0.25) is 0 Å². The fourth-order valence-electron chi connectivity index (χ4n) is 2.60. The Hall–Kier alpha value is -0.410. The van der Waals surface area contributed by atoms with Gasteiger partial charge in [0.15, 0.2) is 0 Å². The van der Waals surface area contributed by atoms with E-state index in [1.165, 1.54) is 34.8 Å². The molecule has 1 heterocycles. The van der Waals surface area contributed by atoms with E-state index in [1.54, 1.807) is 0 Å². The molecule has 0 amide bonds. The second-order valence-electron chi connectivity index (χ2n) is 5.31. The van der Waals surface area contributed by atoms with E-state index in [0.29, 0.717) is 5.92 Å². The first-order valence-electron chi connectivity index (χ1n) is 6.23. The van der Waals surface area contributed by atoms with E-state index in [4.69, 9.17) is 5.73 Å². The molecular formula is C13H22N2S. The molecule has 0 aromatic carbocycles. The Labute approximate surface area is 102 Å². The molecule has 1 aromatic heterocycles. The summed E-state index contributed by atoms with van der Waals surface area (Å²) in [5.74, 6) is 0.630. The van der Waals surface area contributed by atoms with Gasteiger partial charge in [-0.05, 0) is 32.6 Å². The summed E-state index contributed by atoms with van der Waals surface area (Å²) in [6.45, 7) is 6.53. The Kier molecular flexibility index (Phi) is 3.36. The van der Waals surface area contributed by atoms with Gasteiger partial charge in [-0.2, -0.15) is 0 Å². The average molecular weight is 238 g/mol. The Bertz CT molecular complexity index is 353. The third-order valence-corrected chi connectivity index (χ3v) is 5.14. The molecule has 1 fully saturated rings. The lowest BCUT2D eigenvalue weighted by atomic mass is 9.72. The van der Waals surface area contributed by atoms with Crippen molar-refractivity contribution in [1.82, 2.24) is 4.98 Å². The normalized spacial score (nSPS) is 30.6. The summed E-state index contributed by atoms with van der Waals surface area (Å²) in [5, 5.41) is 1.23. The van der Waals surface area contributed by atoms with Crippen molar-refractivity contribution in [3.8, 4) is 0 Å². The minimum absolute atomic E-state index is 0.00498. The quantitative estimate of drug-likeness (QED) is 0.859. The maximum atomic E-state index is 6.56. The van der Waals surface area contributed by atoms with Crippen molar-refractivity contribution in [3.63, 3.8) is 0 Å². The molecule has 0 spiro atoms. The lowest BCUT2D eigenvalue weighted by Gasteiger charge is -2.39. The van der Waals surface area contributed by atoms with Crippen LogP contribution in [-0.2, 0) is 6.42 Å². The van der Waals surface area contributed by atoms with Crippen LogP contribution in [0.3, 0.4) is 0 Å². The maximum absolute atomic E-state index is 6.56. The van der Waals surface area contributed by atoms with Crippen molar-refractivity contribution in [1.29, 1.82) is 0 Å². The summed E-state index contributed by atoms with van der Waals surface area (Å²) >= 11 is 1.82. The maximum Gasteiger partial charge on any atom is 0.0949 e. The molecule has 2 atom stereocenters. The zero-order valence-electron chi connectivity index (χ0n) is 10.5. The zero-order valence-corrected chi connectivity index (χ0v) is 11.4. The Morgan fingerprint density at radius 2 is 2.19 bits per heavy atom. The van der Waals surface area contributed by atoms with Gasteiger partial charge in [0.1, 0.15) is 0 Å². The molecule has 1 aliphatic carbocycles. The monoisotopic (exact) mass is 238 g/mol. The van der Waals surface area contributed by atoms with Crippen molar-refractivity contribution >= 4 is 11.3 Å². The summed E-state index contributed by atoms with van der Waals surface area (Å²) in [6, 6.07) is 0. The van der Waals surface area contributed by atoms with Gasteiger partial charge in [0.2, 0.25) is 0 Å². The van der Waals surface area contributed by atoms with E-state index in [0.717, 1.165) is 12.8 Å². The highest BCUT2D eigenvalue weighted by molar-refractivity contribution is 7.11. The van der Waals surface area contributed by atoms with Crippen LogP contribution in [0.1, 0.15) is 48.2 Å². The Morgan fingerprint density at radius 1 is 1.44 bits per heavy atom. The lowest BCUT2D eigenvalue weighted by Crippen LogP contribution is -2.49. The standard InChI is InChI=1S/C13H22N2S/c1-9-6-4-5-7-13(9,14)8-12-15-10(2)11(3)16-12/h9H,4-8,14H2,1-3H3. The number of rotatable bonds is 2. The van der Waals surface area contributed by atoms with Crippen LogP contribution < -0.4 is 5.73 Å². The van der Waals surface area contributed by atoms with Gasteiger partial charge in [-0.15, -0.1) is 11.3 Å². The highest BCUT2D eigenvalue weighted by Gasteiger charge is 2.35. The topological polar surface area (TPSA) is 38.9 Å². The minimum atomic E-state index is -0.00498. The third kappa shape index (κ3) is 2.30. The van der Waals surface area contributed by atoms with Crippen LogP contribution in [0.2, 0.25) is 0 Å². The fourth-order valence-corrected chi connectivity index (χ4v) is 3.67. The molecule has 2 unspecified atom stereocenters. The second-order valence-corrected chi connectivity index (χ2v) is 6.59.